The van der Waals surface area contributed by atoms with Crippen LogP contribution in [0.3, 0.4) is 0 Å². The van der Waals surface area contributed by atoms with E-state index in [2.05, 4.69) is 0 Å². The van der Waals surface area contributed by atoms with Crippen molar-refractivity contribution in [2.45, 2.75) is 58.5 Å². The second-order valence-electron chi connectivity index (χ2n) is 7.12. The SMILES string of the molecule is CC(CC(=O)O)c1ccc2c(c1)CCCN2C(=O)OC(C)(C)C. The summed E-state index contributed by atoms with van der Waals surface area (Å²) in [4.78, 5) is 24.9. The topological polar surface area (TPSA) is 66.8 Å². The molecule has 5 heteroatoms. The molecule has 0 aliphatic carbocycles. The molecule has 0 saturated heterocycles. The molecule has 1 aromatic carbocycles. The Morgan fingerprint density at radius 2 is 2.04 bits per heavy atom. The van der Waals surface area contributed by atoms with Crippen LogP contribution in [0.1, 0.15) is 57.6 Å². The lowest BCUT2D eigenvalue weighted by Crippen LogP contribution is -2.39. The van der Waals surface area contributed by atoms with E-state index in [1.165, 1.54) is 0 Å². The van der Waals surface area contributed by atoms with Crippen LogP contribution in [-0.2, 0) is 16.0 Å². The number of rotatable bonds is 3. The number of carbonyl (C=O) groups excluding carboxylic acids is 1. The lowest BCUT2D eigenvalue weighted by molar-refractivity contribution is -0.137. The second-order valence-corrected chi connectivity index (χ2v) is 7.12. The molecule has 0 radical (unpaired) electrons. The van der Waals surface area contributed by atoms with Crippen molar-refractivity contribution < 1.29 is 19.4 Å². The van der Waals surface area contributed by atoms with Crippen molar-refractivity contribution in [3.05, 3.63) is 29.3 Å². The highest BCUT2D eigenvalue weighted by atomic mass is 16.6. The van der Waals surface area contributed by atoms with E-state index in [-0.39, 0.29) is 18.4 Å². The van der Waals surface area contributed by atoms with Crippen molar-refractivity contribution in [1.29, 1.82) is 0 Å². The molecule has 1 aliphatic rings. The van der Waals surface area contributed by atoms with Gasteiger partial charge in [0, 0.05) is 6.54 Å². The number of fused-ring (bicyclic) bond motifs is 1. The van der Waals surface area contributed by atoms with Crippen LogP contribution in [0.15, 0.2) is 18.2 Å². The van der Waals surface area contributed by atoms with Crippen LogP contribution in [0.2, 0.25) is 0 Å². The number of carboxylic acids is 1. The summed E-state index contributed by atoms with van der Waals surface area (Å²) >= 11 is 0. The summed E-state index contributed by atoms with van der Waals surface area (Å²) in [5.41, 5.74) is 2.43. The molecule has 1 amide bonds. The summed E-state index contributed by atoms with van der Waals surface area (Å²) in [6, 6.07) is 5.85. The number of carboxylic acid groups (broad SMARTS) is 1. The van der Waals surface area contributed by atoms with E-state index in [9.17, 15) is 9.59 Å². The maximum Gasteiger partial charge on any atom is 0.414 e. The zero-order chi connectivity index (χ0) is 17.2. The van der Waals surface area contributed by atoms with Crippen LogP contribution in [-0.4, -0.2) is 29.3 Å². The first-order valence-corrected chi connectivity index (χ1v) is 8.02. The molecule has 0 spiro atoms. The zero-order valence-corrected chi connectivity index (χ0v) is 14.3. The van der Waals surface area contributed by atoms with Gasteiger partial charge in [-0.3, -0.25) is 9.69 Å². The van der Waals surface area contributed by atoms with Gasteiger partial charge in [-0.25, -0.2) is 4.79 Å². The summed E-state index contributed by atoms with van der Waals surface area (Å²) in [6.07, 6.45) is 1.55. The monoisotopic (exact) mass is 319 g/mol. The number of amides is 1. The molecule has 1 aromatic rings. The summed E-state index contributed by atoms with van der Waals surface area (Å²) in [5, 5.41) is 8.94. The van der Waals surface area contributed by atoms with E-state index in [1.807, 2.05) is 45.9 Å². The van der Waals surface area contributed by atoms with E-state index in [4.69, 9.17) is 9.84 Å². The standard InChI is InChI=1S/C18H25NO4/c1-12(10-16(20)21)13-7-8-15-14(11-13)6-5-9-19(15)17(22)23-18(2,3)4/h7-8,11-12H,5-6,9-10H2,1-4H3,(H,20,21). The zero-order valence-electron chi connectivity index (χ0n) is 14.3. The number of benzene rings is 1. The van der Waals surface area contributed by atoms with Gasteiger partial charge in [-0.1, -0.05) is 19.1 Å². The lowest BCUT2D eigenvalue weighted by atomic mass is 9.92. The number of nitrogens with zero attached hydrogens (tertiary/aromatic N) is 1. The number of carbonyl (C=O) groups is 2. The highest BCUT2D eigenvalue weighted by molar-refractivity contribution is 5.89. The van der Waals surface area contributed by atoms with Gasteiger partial charge < -0.3 is 9.84 Å². The average molecular weight is 319 g/mol. The summed E-state index contributed by atoms with van der Waals surface area (Å²) < 4.78 is 5.47. The first-order valence-electron chi connectivity index (χ1n) is 8.02. The van der Waals surface area contributed by atoms with Crippen LogP contribution in [0.25, 0.3) is 0 Å². The maximum atomic E-state index is 12.4. The Bertz CT molecular complexity index is 604. The van der Waals surface area contributed by atoms with Crippen molar-refractivity contribution in [1.82, 2.24) is 0 Å². The molecule has 1 heterocycles. The highest BCUT2D eigenvalue weighted by Crippen LogP contribution is 2.32. The van der Waals surface area contributed by atoms with Crippen molar-refractivity contribution >= 4 is 17.7 Å². The number of anilines is 1. The first-order chi connectivity index (χ1) is 10.7. The van der Waals surface area contributed by atoms with E-state index in [0.29, 0.717) is 6.54 Å². The molecule has 0 aromatic heterocycles. The molecule has 126 valence electrons. The van der Waals surface area contributed by atoms with Gasteiger partial charge in [-0.2, -0.15) is 0 Å². The molecule has 1 unspecified atom stereocenters. The van der Waals surface area contributed by atoms with Crippen molar-refractivity contribution in [2.24, 2.45) is 0 Å². The highest BCUT2D eigenvalue weighted by Gasteiger charge is 2.27. The fraction of sp³-hybridized carbons (Fsp3) is 0.556. The summed E-state index contributed by atoms with van der Waals surface area (Å²) in [7, 11) is 0. The Morgan fingerprint density at radius 1 is 1.35 bits per heavy atom. The van der Waals surface area contributed by atoms with E-state index in [1.54, 1.807) is 4.90 Å². The predicted molar refractivity (Wildman–Crippen MR) is 89.0 cm³/mol. The molecule has 1 atom stereocenters. The molecule has 0 fully saturated rings. The molecule has 5 nitrogen and oxygen atoms in total. The van der Waals surface area contributed by atoms with Crippen LogP contribution in [0, 0.1) is 0 Å². The minimum atomic E-state index is -0.800. The summed E-state index contributed by atoms with van der Waals surface area (Å²) in [6.45, 7) is 8.11. The van der Waals surface area contributed by atoms with Gasteiger partial charge in [0.1, 0.15) is 5.60 Å². The van der Waals surface area contributed by atoms with Crippen molar-refractivity contribution in [2.75, 3.05) is 11.4 Å². The average Bonchev–Trinajstić information content (AvgIpc) is 2.43. The van der Waals surface area contributed by atoms with Crippen LogP contribution in [0.4, 0.5) is 10.5 Å². The van der Waals surface area contributed by atoms with Gasteiger partial charge in [0.25, 0.3) is 0 Å². The molecule has 2 rings (SSSR count). The van der Waals surface area contributed by atoms with Gasteiger partial charge in [0.05, 0.1) is 12.1 Å². The molecule has 0 saturated carbocycles. The Labute approximate surface area is 137 Å². The van der Waals surface area contributed by atoms with Crippen LogP contribution >= 0.6 is 0 Å². The molecule has 23 heavy (non-hydrogen) atoms. The van der Waals surface area contributed by atoms with Gasteiger partial charge >= 0.3 is 12.1 Å². The van der Waals surface area contributed by atoms with Gasteiger partial charge in [-0.05, 0) is 56.7 Å². The van der Waals surface area contributed by atoms with E-state index in [0.717, 1.165) is 29.7 Å². The van der Waals surface area contributed by atoms with Gasteiger partial charge in [0.15, 0.2) is 0 Å². The number of hydrogen-bond donors (Lipinski definition) is 1. The number of hydrogen-bond acceptors (Lipinski definition) is 3. The third-order valence-corrected chi connectivity index (χ3v) is 3.89. The van der Waals surface area contributed by atoms with Crippen molar-refractivity contribution in [3.63, 3.8) is 0 Å². The number of ether oxygens (including phenoxy) is 1. The fourth-order valence-corrected chi connectivity index (χ4v) is 2.81. The Morgan fingerprint density at radius 3 is 2.65 bits per heavy atom. The van der Waals surface area contributed by atoms with Crippen LogP contribution < -0.4 is 4.90 Å². The normalized spacial score (nSPS) is 15.7. The molecular formula is C18H25NO4. The van der Waals surface area contributed by atoms with Crippen molar-refractivity contribution in [3.8, 4) is 0 Å². The largest absolute Gasteiger partial charge is 0.481 e. The lowest BCUT2D eigenvalue weighted by Gasteiger charge is -2.32. The van der Waals surface area contributed by atoms with E-state index >= 15 is 0 Å². The molecule has 1 aliphatic heterocycles. The van der Waals surface area contributed by atoms with Gasteiger partial charge in [-0.15, -0.1) is 0 Å². The third-order valence-electron chi connectivity index (χ3n) is 3.89. The fourth-order valence-electron chi connectivity index (χ4n) is 2.81. The minimum Gasteiger partial charge on any atom is -0.481 e. The predicted octanol–water partition coefficient (Wildman–Crippen LogP) is 3.95. The third kappa shape index (κ3) is 4.47. The molecule has 1 N–H and O–H groups in total. The van der Waals surface area contributed by atoms with Gasteiger partial charge in [0.2, 0.25) is 0 Å². The second kappa shape index (κ2) is 6.60. The maximum absolute atomic E-state index is 12.4. The van der Waals surface area contributed by atoms with Crippen LogP contribution in [0.5, 0.6) is 0 Å². The quantitative estimate of drug-likeness (QED) is 0.916. The molecular weight excluding hydrogens is 294 g/mol. The Kier molecular flexibility index (Phi) is 4.97. The van der Waals surface area contributed by atoms with E-state index < -0.39 is 11.6 Å². The first kappa shape index (κ1) is 17.3. The molecule has 0 bridgehead atoms. The summed E-state index contributed by atoms with van der Waals surface area (Å²) in [5.74, 6) is -0.847. The Balaban J connectivity index is 2.23. The number of aliphatic carboxylic acids is 1. The minimum absolute atomic E-state index is 0.0466. The Hall–Kier alpha value is -2.04. The smallest absolute Gasteiger partial charge is 0.414 e. The number of aryl methyl sites for hydroxylation is 1.